The number of methoxy groups -OCH3 is 2. The predicted octanol–water partition coefficient (Wildman–Crippen LogP) is 4.13. The van der Waals surface area contributed by atoms with Gasteiger partial charge in [0.05, 0.1) is 24.4 Å². The number of fused-ring (bicyclic) bond motifs is 1. The minimum Gasteiger partial charge on any atom is -0.497 e. The van der Waals surface area contributed by atoms with Crippen LogP contribution >= 0.6 is 11.3 Å². The summed E-state index contributed by atoms with van der Waals surface area (Å²) in [4.78, 5) is 29.0. The largest absolute Gasteiger partial charge is 0.497 e. The van der Waals surface area contributed by atoms with Gasteiger partial charge in [-0.15, -0.1) is 0 Å². The summed E-state index contributed by atoms with van der Waals surface area (Å²) in [5, 5.41) is 16.7. The van der Waals surface area contributed by atoms with E-state index in [1.165, 1.54) is 31.5 Å². The number of carboxylic acids is 2. The van der Waals surface area contributed by atoms with Crippen molar-refractivity contribution in [2.45, 2.75) is 19.4 Å². The molecule has 0 spiro atoms. The first-order chi connectivity index (χ1) is 17.4. The Labute approximate surface area is 214 Å². The molecule has 1 aliphatic rings. The molecule has 0 radical (unpaired) electrons. The lowest BCUT2D eigenvalue weighted by Crippen LogP contribution is -2.33. The monoisotopic (exact) mass is 513 g/mol. The van der Waals surface area contributed by atoms with Gasteiger partial charge >= 0.3 is 11.9 Å². The van der Waals surface area contributed by atoms with E-state index in [1.807, 2.05) is 24.3 Å². The number of rotatable bonds is 10. The Morgan fingerprint density at radius 1 is 1.00 bits per heavy atom. The maximum absolute atomic E-state index is 9.55. The van der Waals surface area contributed by atoms with Crippen LogP contribution in [0.4, 0.5) is 5.13 Å². The van der Waals surface area contributed by atoms with Crippen molar-refractivity contribution in [3.8, 4) is 11.5 Å². The summed E-state index contributed by atoms with van der Waals surface area (Å²) in [7, 11) is 3.40. The van der Waals surface area contributed by atoms with Gasteiger partial charge in [0.15, 0.2) is 5.13 Å². The quantitative estimate of drug-likeness (QED) is 0.387. The molecule has 0 aliphatic carbocycles. The van der Waals surface area contributed by atoms with Gasteiger partial charge in [0, 0.05) is 31.8 Å². The molecule has 0 amide bonds. The van der Waals surface area contributed by atoms with Crippen LogP contribution in [0, 0.1) is 0 Å². The fourth-order valence-corrected chi connectivity index (χ4v) is 4.78. The smallest absolute Gasteiger partial charge is 0.328 e. The minimum absolute atomic E-state index is 0.558. The summed E-state index contributed by atoms with van der Waals surface area (Å²) < 4.78 is 11.8. The lowest BCUT2D eigenvalue weighted by molar-refractivity contribution is -0.134. The van der Waals surface area contributed by atoms with E-state index in [1.54, 1.807) is 25.6 Å². The van der Waals surface area contributed by atoms with Crippen LogP contribution in [-0.4, -0.2) is 72.4 Å². The SMILES string of the molecule is COc1ccc(CN(CCN2CCCC2)c2nc3ccc(OC)cc3s2)cc1.O=C(O)/C=C/C(=O)O. The third-order valence-corrected chi connectivity index (χ3v) is 6.72. The van der Waals surface area contributed by atoms with E-state index >= 15 is 0 Å². The molecule has 10 heteroatoms. The molecule has 192 valence electrons. The van der Waals surface area contributed by atoms with E-state index < -0.39 is 11.9 Å². The topological polar surface area (TPSA) is 112 Å². The Balaban J connectivity index is 0.000000392. The number of aliphatic carboxylic acids is 2. The number of thiazole rings is 1. The van der Waals surface area contributed by atoms with Crippen LogP contribution in [0.3, 0.4) is 0 Å². The molecule has 1 saturated heterocycles. The first kappa shape index (κ1) is 27.0. The molecule has 1 aliphatic heterocycles. The van der Waals surface area contributed by atoms with Crippen molar-refractivity contribution in [1.82, 2.24) is 9.88 Å². The molecule has 2 heterocycles. The zero-order valence-electron chi connectivity index (χ0n) is 20.4. The Kier molecular flexibility index (Phi) is 10.1. The van der Waals surface area contributed by atoms with Crippen molar-refractivity contribution < 1.29 is 29.3 Å². The van der Waals surface area contributed by atoms with Crippen LogP contribution < -0.4 is 14.4 Å². The third kappa shape index (κ3) is 8.24. The minimum atomic E-state index is -1.26. The molecule has 4 rings (SSSR count). The van der Waals surface area contributed by atoms with Crippen LogP contribution in [-0.2, 0) is 16.1 Å². The highest BCUT2D eigenvalue weighted by Crippen LogP contribution is 2.32. The fourth-order valence-electron chi connectivity index (χ4n) is 3.76. The van der Waals surface area contributed by atoms with Gasteiger partial charge in [-0.3, -0.25) is 0 Å². The van der Waals surface area contributed by atoms with Crippen LogP contribution in [0.1, 0.15) is 18.4 Å². The lowest BCUT2D eigenvalue weighted by atomic mass is 10.2. The van der Waals surface area contributed by atoms with Gasteiger partial charge in [-0.05, 0) is 61.8 Å². The molecule has 1 fully saturated rings. The Morgan fingerprint density at radius 3 is 2.19 bits per heavy atom. The number of hydrogen-bond acceptors (Lipinski definition) is 8. The van der Waals surface area contributed by atoms with Gasteiger partial charge in [0.2, 0.25) is 0 Å². The molecule has 9 nitrogen and oxygen atoms in total. The second-order valence-electron chi connectivity index (χ2n) is 8.16. The average molecular weight is 514 g/mol. The number of ether oxygens (including phenoxy) is 2. The van der Waals surface area contributed by atoms with Crippen LogP contribution in [0.25, 0.3) is 10.2 Å². The standard InChI is InChI=1S/C22H27N3O2S.C4H4O4/c1-26-18-7-5-17(6-8-18)16-25(14-13-24-11-3-4-12-24)22-23-20-10-9-19(27-2)15-21(20)28-22;5-3(6)1-2-4(7)8/h5-10,15H,3-4,11-14,16H2,1-2H3;1-2H,(H,5,6)(H,7,8)/b;2-1+. The Bertz CT molecular complexity index is 1160. The summed E-state index contributed by atoms with van der Waals surface area (Å²) in [5.41, 5.74) is 2.29. The number of likely N-dealkylation sites (tertiary alicyclic amines) is 1. The van der Waals surface area contributed by atoms with Crippen molar-refractivity contribution in [3.63, 3.8) is 0 Å². The molecule has 0 saturated carbocycles. The third-order valence-electron chi connectivity index (χ3n) is 5.64. The van der Waals surface area contributed by atoms with Gasteiger partial charge in [-0.1, -0.05) is 23.5 Å². The summed E-state index contributed by atoms with van der Waals surface area (Å²) in [6.07, 6.45) is 3.75. The zero-order chi connectivity index (χ0) is 25.9. The summed E-state index contributed by atoms with van der Waals surface area (Å²) in [6, 6.07) is 14.4. The predicted molar refractivity (Wildman–Crippen MR) is 140 cm³/mol. The van der Waals surface area contributed by atoms with Crippen molar-refractivity contribution in [2.24, 2.45) is 0 Å². The second kappa shape index (κ2) is 13.5. The molecule has 3 aromatic rings. The molecule has 2 N–H and O–H groups in total. The zero-order valence-corrected chi connectivity index (χ0v) is 21.2. The Morgan fingerprint density at radius 2 is 1.61 bits per heavy atom. The van der Waals surface area contributed by atoms with Crippen molar-refractivity contribution >= 4 is 38.6 Å². The number of nitrogens with zero attached hydrogens (tertiary/aromatic N) is 3. The van der Waals surface area contributed by atoms with Crippen molar-refractivity contribution in [2.75, 3.05) is 45.3 Å². The van der Waals surface area contributed by atoms with Crippen LogP contribution in [0.5, 0.6) is 11.5 Å². The van der Waals surface area contributed by atoms with Gasteiger partial charge < -0.3 is 29.5 Å². The normalized spacial score (nSPS) is 13.4. The van der Waals surface area contributed by atoms with E-state index in [-0.39, 0.29) is 0 Å². The van der Waals surface area contributed by atoms with E-state index in [0.717, 1.165) is 46.5 Å². The van der Waals surface area contributed by atoms with Crippen LogP contribution in [0.2, 0.25) is 0 Å². The molecule has 1 aromatic heterocycles. The first-order valence-electron chi connectivity index (χ1n) is 11.6. The van der Waals surface area contributed by atoms with Crippen LogP contribution in [0.15, 0.2) is 54.6 Å². The highest BCUT2D eigenvalue weighted by molar-refractivity contribution is 7.22. The lowest BCUT2D eigenvalue weighted by Gasteiger charge is -2.25. The molecular weight excluding hydrogens is 482 g/mol. The Hall–Kier alpha value is -3.63. The summed E-state index contributed by atoms with van der Waals surface area (Å²) >= 11 is 1.74. The van der Waals surface area contributed by atoms with E-state index in [0.29, 0.717) is 12.2 Å². The average Bonchev–Trinajstić information content (AvgIpc) is 3.55. The summed E-state index contributed by atoms with van der Waals surface area (Å²) in [5.74, 6) is -0.749. The number of anilines is 1. The van der Waals surface area contributed by atoms with Gasteiger partial charge in [0.25, 0.3) is 0 Å². The van der Waals surface area contributed by atoms with E-state index in [2.05, 4.69) is 28.0 Å². The maximum atomic E-state index is 9.55. The van der Waals surface area contributed by atoms with Gasteiger partial charge in [-0.25, -0.2) is 14.6 Å². The maximum Gasteiger partial charge on any atom is 0.328 e. The number of carbonyl (C=O) groups is 2. The molecule has 2 aromatic carbocycles. The molecule has 0 atom stereocenters. The number of hydrogen-bond donors (Lipinski definition) is 2. The molecule has 36 heavy (non-hydrogen) atoms. The number of aromatic nitrogens is 1. The van der Waals surface area contributed by atoms with E-state index in [9.17, 15) is 9.59 Å². The molecule has 0 unspecified atom stereocenters. The highest BCUT2D eigenvalue weighted by atomic mass is 32.1. The summed E-state index contributed by atoms with van der Waals surface area (Å²) in [6.45, 7) is 5.33. The molecular formula is C26H31N3O6S. The second-order valence-corrected chi connectivity index (χ2v) is 9.17. The van der Waals surface area contributed by atoms with E-state index in [4.69, 9.17) is 24.7 Å². The van der Waals surface area contributed by atoms with Gasteiger partial charge in [0.1, 0.15) is 11.5 Å². The van der Waals surface area contributed by atoms with Crippen molar-refractivity contribution in [3.05, 3.63) is 60.2 Å². The number of carboxylic acid groups (broad SMARTS) is 2. The first-order valence-corrected chi connectivity index (χ1v) is 12.4. The molecule has 0 bridgehead atoms. The highest BCUT2D eigenvalue weighted by Gasteiger charge is 2.17. The van der Waals surface area contributed by atoms with Gasteiger partial charge in [-0.2, -0.15) is 0 Å². The van der Waals surface area contributed by atoms with Crippen molar-refractivity contribution in [1.29, 1.82) is 0 Å². The number of benzene rings is 2. The fraction of sp³-hybridized carbons (Fsp3) is 0.346.